The van der Waals surface area contributed by atoms with Crippen LogP contribution >= 0.6 is 0 Å². The summed E-state index contributed by atoms with van der Waals surface area (Å²) in [5, 5.41) is 7.85. The normalized spacial score (nSPS) is 17.5. The standard InChI is InChI=1S/C17H13F4N5O/c18-12-4-2-1-3-11(12)15-25-24-14(27-15)10-6-8-26(9-10)16-22-7-5-13(23-16)17(19,20)21/h1-5,7,10H,6,8-9H2/t10-/m0/s1. The lowest BCUT2D eigenvalue weighted by Gasteiger charge is -2.16. The zero-order valence-corrected chi connectivity index (χ0v) is 13.8. The van der Waals surface area contributed by atoms with E-state index in [1.54, 1.807) is 17.0 Å². The van der Waals surface area contributed by atoms with Crippen molar-refractivity contribution in [1.82, 2.24) is 20.2 Å². The predicted molar refractivity (Wildman–Crippen MR) is 86.3 cm³/mol. The Kier molecular flexibility index (Phi) is 4.25. The monoisotopic (exact) mass is 379 g/mol. The average Bonchev–Trinajstić information content (AvgIpc) is 3.31. The summed E-state index contributed by atoms with van der Waals surface area (Å²) in [7, 11) is 0. The van der Waals surface area contributed by atoms with E-state index in [2.05, 4.69) is 20.2 Å². The molecule has 27 heavy (non-hydrogen) atoms. The summed E-state index contributed by atoms with van der Waals surface area (Å²) in [6.45, 7) is 0.781. The largest absolute Gasteiger partial charge is 0.433 e. The van der Waals surface area contributed by atoms with Gasteiger partial charge in [-0.3, -0.25) is 0 Å². The fourth-order valence-electron chi connectivity index (χ4n) is 2.95. The molecule has 140 valence electrons. The van der Waals surface area contributed by atoms with Crippen molar-refractivity contribution in [2.45, 2.75) is 18.5 Å². The fourth-order valence-corrected chi connectivity index (χ4v) is 2.95. The smallest absolute Gasteiger partial charge is 0.420 e. The van der Waals surface area contributed by atoms with Crippen LogP contribution in [-0.2, 0) is 6.18 Å². The lowest BCUT2D eigenvalue weighted by atomic mass is 10.1. The van der Waals surface area contributed by atoms with Gasteiger partial charge in [0.2, 0.25) is 11.8 Å². The molecule has 0 unspecified atom stereocenters. The third kappa shape index (κ3) is 3.46. The third-order valence-corrected chi connectivity index (χ3v) is 4.30. The fraction of sp³-hybridized carbons (Fsp3) is 0.294. The molecule has 0 aliphatic carbocycles. The lowest BCUT2D eigenvalue weighted by molar-refractivity contribution is -0.141. The van der Waals surface area contributed by atoms with Crippen molar-refractivity contribution in [1.29, 1.82) is 0 Å². The molecule has 6 nitrogen and oxygen atoms in total. The van der Waals surface area contributed by atoms with Gasteiger partial charge in [0.15, 0.2) is 0 Å². The van der Waals surface area contributed by atoms with Crippen molar-refractivity contribution in [3.63, 3.8) is 0 Å². The second kappa shape index (κ2) is 6.60. The summed E-state index contributed by atoms with van der Waals surface area (Å²) in [6.07, 6.45) is -2.86. The maximum atomic E-state index is 13.8. The third-order valence-electron chi connectivity index (χ3n) is 4.30. The first-order valence-electron chi connectivity index (χ1n) is 8.15. The Bertz CT molecular complexity index is 958. The minimum Gasteiger partial charge on any atom is -0.420 e. The number of alkyl halides is 3. The van der Waals surface area contributed by atoms with Gasteiger partial charge in [-0.2, -0.15) is 13.2 Å². The van der Waals surface area contributed by atoms with Crippen LogP contribution in [0.2, 0.25) is 0 Å². The van der Waals surface area contributed by atoms with Gasteiger partial charge in [0.05, 0.1) is 11.5 Å². The van der Waals surface area contributed by atoms with Crippen LogP contribution in [0.4, 0.5) is 23.5 Å². The molecular weight excluding hydrogens is 366 g/mol. The van der Waals surface area contributed by atoms with E-state index in [1.165, 1.54) is 12.1 Å². The summed E-state index contributed by atoms with van der Waals surface area (Å²) in [5.74, 6) is -0.296. The van der Waals surface area contributed by atoms with Crippen molar-refractivity contribution in [2.24, 2.45) is 0 Å². The molecule has 10 heteroatoms. The van der Waals surface area contributed by atoms with Crippen molar-refractivity contribution in [3.8, 4) is 11.5 Å². The SMILES string of the molecule is Fc1ccccc1-c1nnc([C@H]2CCN(c3nccc(C(F)(F)F)n3)C2)o1. The molecule has 0 bridgehead atoms. The van der Waals surface area contributed by atoms with Crippen LogP contribution in [0.15, 0.2) is 40.9 Å². The number of hydrogen-bond acceptors (Lipinski definition) is 6. The van der Waals surface area contributed by atoms with Crippen LogP contribution in [0.3, 0.4) is 0 Å². The van der Waals surface area contributed by atoms with Crippen LogP contribution in [0.1, 0.15) is 23.9 Å². The highest BCUT2D eigenvalue weighted by Crippen LogP contribution is 2.32. The van der Waals surface area contributed by atoms with Crippen molar-refractivity contribution in [2.75, 3.05) is 18.0 Å². The van der Waals surface area contributed by atoms with Gasteiger partial charge in [-0.15, -0.1) is 10.2 Å². The van der Waals surface area contributed by atoms with E-state index in [9.17, 15) is 17.6 Å². The highest BCUT2D eigenvalue weighted by molar-refractivity contribution is 5.53. The summed E-state index contributed by atoms with van der Waals surface area (Å²) in [5.41, 5.74) is -0.789. The summed E-state index contributed by atoms with van der Waals surface area (Å²) >= 11 is 0. The number of halogens is 4. The van der Waals surface area contributed by atoms with Gasteiger partial charge in [0.25, 0.3) is 5.89 Å². The molecule has 0 saturated carbocycles. The molecule has 0 N–H and O–H groups in total. The van der Waals surface area contributed by atoms with Crippen LogP contribution < -0.4 is 4.90 Å². The lowest BCUT2D eigenvalue weighted by Crippen LogP contribution is -2.23. The van der Waals surface area contributed by atoms with Crippen molar-refractivity contribution >= 4 is 5.95 Å². The molecule has 1 atom stereocenters. The molecule has 1 fully saturated rings. The first-order chi connectivity index (χ1) is 12.9. The summed E-state index contributed by atoms with van der Waals surface area (Å²) < 4.78 is 57.9. The van der Waals surface area contributed by atoms with Gasteiger partial charge in [0, 0.05) is 19.3 Å². The molecule has 2 aromatic heterocycles. The number of aromatic nitrogens is 4. The maximum Gasteiger partial charge on any atom is 0.433 e. The summed E-state index contributed by atoms with van der Waals surface area (Å²) in [4.78, 5) is 9.15. The molecule has 0 amide bonds. The molecule has 0 spiro atoms. The highest BCUT2D eigenvalue weighted by Gasteiger charge is 2.35. The van der Waals surface area contributed by atoms with E-state index in [1.807, 2.05) is 0 Å². The zero-order valence-electron chi connectivity index (χ0n) is 13.8. The molecule has 3 heterocycles. The molecule has 0 radical (unpaired) electrons. The van der Waals surface area contributed by atoms with Crippen LogP contribution in [0, 0.1) is 5.82 Å². The van der Waals surface area contributed by atoms with Gasteiger partial charge < -0.3 is 9.32 Å². The number of hydrogen-bond donors (Lipinski definition) is 0. The van der Waals surface area contributed by atoms with E-state index in [0.717, 1.165) is 12.3 Å². The predicted octanol–water partition coefficient (Wildman–Crippen LogP) is 3.68. The Hall–Kier alpha value is -3.04. The van der Waals surface area contributed by atoms with Gasteiger partial charge in [-0.1, -0.05) is 12.1 Å². The quantitative estimate of drug-likeness (QED) is 0.647. The summed E-state index contributed by atoms with van der Waals surface area (Å²) in [6, 6.07) is 6.87. The molecule has 3 aromatic rings. The van der Waals surface area contributed by atoms with Crippen molar-refractivity contribution < 1.29 is 22.0 Å². The second-order valence-electron chi connectivity index (χ2n) is 6.10. The second-order valence-corrected chi connectivity index (χ2v) is 6.10. The Balaban J connectivity index is 1.52. The number of benzene rings is 1. The van der Waals surface area contributed by atoms with Gasteiger partial charge in [0.1, 0.15) is 11.5 Å². The van der Waals surface area contributed by atoms with E-state index >= 15 is 0 Å². The van der Waals surface area contributed by atoms with E-state index in [0.29, 0.717) is 25.4 Å². The Labute approximate surface area is 150 Å². The first kappa shape index (κ1) is 17.4. The van der Waals surface area contributed by atoms with Crippen LogP contribution in [0.5, 0.6) is 0 Å². The minimum absolute atomic E-state index is 0.00108. The Morgan fingerprint density at radius 3 is 2.70 bits per heavy atom. The molecule has 1 aliphatic heterocycles. The Morgan fingerprint density at radius 2 is 1.93 bits per heavy atom. The van der Waals surface area contributed by atoms with Gasteiger partial charge in [-0.25, -0.2) is 14.4 Å². The first-order valence-corrected chi connectivity index (χ1v) is 8.15. The van der Waals surface area contributed by atoms with Gasteiger partial charge in [-0.05, 0) is 24.6 Å². The average molecular weight is 379 g/mol. The van der Waals surface area contributed by atoms with E-state index in [-0.39, 0.29) is 23.3 Å². The number of nitrogens with zero attached hydrogens (tertiary/aromatic N) is 5. The highest BCUT2D eigenvalue weighted by atomic mass is 19.4. The van der Waals surface area contributed by atoms with Crippen LogP contribution in [-0.4, -0.2) is 33.3 Å². The topological polar surface area (TPSA) is 67.9 Å². The zero-order chi connectivity index (χ0) is 19.0. The molecule has 1 saturated heterocycles. The van der Waals surface area contributed by atoms with E-state index < -0.39 is 17.7 Å². The van der Waals surface area contributed by atoms with Crippen molar-refractivity contribution in [3.05, 3.63) is 53.9 Å². The molecule has 4 rings (SSSR count). The van der Waals surface area contributed by atoms with E-state index in [4.69, 9.17) is 4.42 Å². The number of anilines is 1. The Morgan fingerprint density at radius 1 is 1.11 bits per heavy atom. The molecular formula is C17H13F4N5O. The maximum absolute atomic E-state index is 13.8. The van der Waals surface area contributed by atoms with Crippen LogP contribution in [0.25, 0.3) is 11.5 Å². The minimum atomic E-state index is -4.53. The number of rotatable bonds is 3. The molecule has 1 aromatic carbocycles. The molecule has 1 aliphatic rings. The van der Waals surface area contributed by atoms with Gasteiger partial charge >= 0.3 is 6.18 Å².